The summed E-state index contributed by atoms with van der Waals surface area (Å²) >= 11 is 0. The fourth-order valence-electron chi connectivity index (χ4n) is 2.49. The van der Waals surface area contributed by atoms with Crippen LogP contribution in [0.1, 0.15) is 37.6 Å². The van der Waals surface area contributed by atoms with Gasteiger partial charge in [-0.05, 0) is 23.6 Å². The van der Waals surface area contributed by atoms with Crippen molar-refractivity contribution in [2.45, 2.75) is 32.6 Å². The van der Waals surface area contributed by atoms with Gasteiger partial charge in [0.15, 0.2) is 0 Å². The maximum absolute atomic E-state index is 13.5. The highest BCUT2D eigenvalue weighted by Crippen LogP contribution is 2.21. The summed E-state index contributed by atoms with van der Waals surface area (Å²) in [5, 5.41) is 6.49. The monoisotopic (exact) mass is 353 g/mol. The smallest absolute Gasteiger partial charge is 0.227 e. The number of carbonyl (C=O) groups excluding carboxylic acids is 1. The standard InChI is InChI=1S/C20H20FN3O2/c1-13(2)14-7-9-15(10-8-14)20-23-19(26-24-20)12-11-18(25)22-17-6-4-3-5-16(17)21/h3-10,13H,11-12H2,1-2H3,(H,22,25). The van der Waals surface area contributed by atoms with Crippen molar-refractivity contribution in [3.05, 3.63) is 65.8 Å². The van der Waals surface area contributed by atoms with Gasteiger partial charge in [-0.25, -0.2) is 4.39 Å². The molecule has 1 amide bonds. The molecular formula is C20H20FN3O2. The minimum atomic E-state index is -0.467. The predicted octanol–water partition coefficient (Wildman–Crippen LogP) is 4.57. The van der Waals surface area contributed by atoms with E-state index in [1.807, 2.05) is 24.3 Å². The summed E-state index contributed by atoms with van der Waals surface area (Å²) in [7, 11) is 0. The first-order valence-corrected chi connectivity index (χ1v) is 8.50. The van der Waals surface area contributed by atoms with E-state index in [4.69, 9.17) is 4.52 Å². The van der Waals surface area contributed by atoms with E-state index in [1.54, 1.807) is 12.1 Å². The fraction of sp³-hybridized carbons (Fsp3) is 0.250. The lowest BCUT2D eigenvalue weighted by atomic mass is 10.0. The second kappa shape index (κ2) is 7.91. The molecule has 0 saturated carbocycles. The van der Waals surface area contributed by atoms with Crippen LogP contribution in [0.5, 0.6) is 0 Å². The first kappa shape index (κ1) is 17.8. The number of rotatable bonds is 6. The number of aromatic nitrogens is 2. The molecule has 0 atom stereocenters. The molecule has 1 aromatic heterocycles. The number of para-hydroxylation sites is 1. The Kier molecular flexibility index (Phi) is 5.41. The van der Waals surface area contributed by atoms with Crippen LogP contribution >= 0.6 is 0 Å². The molecular weight excluding hydrogens is 333 g/mol. The molecule has 3 rings (SSSR count). The van der Waals surface area contributed by atoms with Gasteiger partial charge in [0, 0.05) is 18.4 Å². The fourth-order valence-corrected chi connectivity index (χ4v) is 2.49. The number of halogens is 1. The Hall–Kier alpha value is -3.02. The van der Waals surface area contributed by atoms with Crippen LogP contribution in [0.4, 0.5) is 10.1 Å². The van der Waals surface area contributed by atoms with Crippen molar-refractivity contribution in [2.24, 2.45) is 0 Å². The van der Waals surface area contributed by atoms with E-state index in [2.05, 4.69) is 29.3 Å². The molecule has 0 aliphatic rings. The number of anilines is 1. The van der Waals surface area contributed by atoms with Crippen molar-refractivity contribution in [1.82, 2.24) is 10.1 Å². The molecule has 0 bridgehead atoms. The van der Waals surface area contributed by atoms with Gasteiger partial charge in [-0.3, -0.25) is 4.79 Å². The number of amides is 1. The lowest BCUT2D eigenvalue weighted by Crippen LogP contribution is -2.13. The molecule has 5 nitrogen and oxygen atoms in total. The summed E-state index contributed by atoms with van der Waals surface area (Å²) in [4.78, 5) is 16.3. The van der Waals surface area contributed by atoms with Crippen LogP contribution in [-0.4, -0.2) is 16.0 Å². The lowest BCUT2D eigenvalue weighted by Gasteiger charge is -2.05. The minimum absolute atomic E-state index is 0.127. The van der Waals surface area contributed by atoms with Crippen LogP contribution in [0.2, 0.25) is 0 Å². The third-order valence-corrected chi connectivity index (χ3v) is 4.02. The summed E-state index contributed by atoms with van der Waals surface area (Å²) in [5.74, 6) is 0.543. The van der Waals surface area contributed by atoms with Crippen LogP contribution in [0.3, 0.4) is 0 Å². The van der Waals surface area contributed by atoms with Gasteiger partial charge in [-0.15, -0.1) is 0 Å². The van der Waals surface area contributed by atoms with Crippen LogP contribution in [0, 0.1) is 5.82 Å². The second-order valence-corrected chi connectivity index (χ2v) is 6.32. The highest BCUT2D eigenvalue weighted by molar-refractivity contribution is 5.90. The van der Waals surface area contributed by atoms with Gasteiger partial charge in [0.25, 0.3) is 0 Å². The zero-order chi connectivity index (χ0) is 18.5. The molecule has 2 aromatic carbocycles. The molecule has 0 radical (unpaired) electrons. The maximum atomic E-state index is 13.5. The zero-order valence-corrected chi connectivity index (χ0v) is 14.7. The zero-order valence-electron chi connectivity index (χ0n) is 14.7. The number of aryl methyl sites for hydroxylation is 1. The van der Waals surface area contributed by atoms with E-state index < -0.39 is 5.82 Å². The van der Waals surface area contributed by atoms with Gasteiger partial charge < -0.3 is 9.84 Å². The molecule has 0 aliphatic carbocycles. The highest BCUT2D eigenvalue weighted by Gasteiger charge is 2.12. The molecule has 0 aliphatic heterocycles. The SMILES string of the molecule is CC(C)c1ccc(-c2noc(CCC(=O)Nc3ccccc3F)n2)cc1. The van der Waals surface area contributed by atoms with Crippen molar-refractivity contribution in [2.75, 3.05) is 5.32 Å². The first-order chi connectivity index (χ1) is 12.5. The minimum Gasteiger partial charge on any atom is -0.339 e. The Morgan fingerprint density at radius 3 is 2.58 bits per heavy atom. The number of nitrogens with zero attached hydrogens (tertiary/aromatic N) is 2. The molecule has 0 spiro atoms. The molecule has 0 fully saturated rings. The van der Waals surface area contributed by atoms with Crippen molar-refractivity contribution in [1.29, 1.82) is 0 Å². The van der Waals surface area contributed by atoms with Gasteiger partial charge in [0.05, 0.1) is 5.69 Å². The highest BCUT2D eigenvalue weighted by atomic mass is 19.1. The van der Waals surface area contributed by atoms with E-state index in [0.29, 0.717) is 17.6 Å². The van der Waals surface area contributed by atoms with E-state index in [9.17, 15) is 9.18 Å². The van der Waals surface area contributed by atoms with Gasteiger partial charge in [-0.1, -0.05) is 55.4 Å². The average Bonchev–Trinajstić information content (AvgIpc) is 3.11. The number of carbonyl (C=O) groups is 1. The Balaban J connectivity index is 1.58. The summed E-state index contributed by atoms with van der Waals surface area (Å²) in [6, 6.07) is 14.0. The maximum Gasteiger partial charge on any atom is 0.227 e. The molecule has 0 unspecified atom stereocenters. The topological polar surface area (TPSA) is 68.0 Å². The van der Waals surface area contributed by atoms with Crippen LogP contribution < -0.4 is 5.32 Å². The third-order valence-electron chi connectivity index (χ3n) is 4.02. The Morgan fingerprint density at radius 2 is 1.88 bits per heavy atom. The van der Waals surface area contributed by atoms with Gasteiger partial charge in [0.1, 0.15) is 5.82 Å². The van der Waals surface area contributed by atoms with Crippen molar-refractivity contribution in [3.63, 3.8) is 0 Å². The van der Waals surface area contributed by atoms with Crippen molar-refractivity contribution in [3.8, 4) is 11.4 Å². The largest absolute Gasteiger partial charge is 0.339 e. The molecule has 3 aromatic rings. The normalized spacial score (nSPS) is 10.9. The molecule has 1 heterocycles. The first-order valence-electron chi connectivity index (χ1n) is 8.50. The molecule has 6 heteroatoms. The van der Waals surface area contributed by atoms with Gasteiger partial charge in [0.2, 0.25) is 17.6 Å². The van der Waals surface area contributed by atoms with Crippen LogP contribution in [0.25, 0.3) is 11.4 Å². The number of benzene rings is 2. The second-order valence-electron chi connectivity index (χ2n) is 6.32. The van der Waals surface area contributed by atoms with Gasteiger partial charge in [-0.2, -0.15) is 4.98 Å². The van der Waals surface area contributed by atoms with Crippen molar-refractivity contribution >= 4 is 11.6 Å². The molecule has 134 valence electrons. The number of hydrogen-bond donors (Lipinski definition) is 1. The summed E-state index contributed by atoms with van der Waals surface area (Å²) in [6.07, 6.45) is 0.416. The van der Waals surface area contributed by atoms with E-state index in [0.717, 1.165) is 5.56 Å². The molecule has 1 N–H and O–H groups in total. The summed E-state index contributed by atoms with van der Waals surface area (Å²) in [5.41, 5.74) is 2.26. The van der Waals surface area contributed by atoms with Gasteiger partial charge >= 0.3 is 0 Å². The number of hydrogen-bond acceptors (Lipinski definition) is 4. The lowest BCUT2D eigenvalue weighted by molar-refractivity contribution is -0.116. The van der Waals surface area contributed by atoms with E-state index in [1.165, 1.54) is 17.7 Å². The van der Waals surface area contributed by atoms with E-state index in [-0.39, 0.29) is 24.4 Å². The van der Waals surface area contributed by atoms with E-state index >= 15 is 0 Å². The third kappa shape index (κ3) is 4.33. The Morgan fingerprint density at radius 1 is 1.15 bits per heavy atom. The predicted molar refractivity (Wildman–Crippen MR) is 97.2 cm³/mol. The van der Waals surface area contributed by atoms with Crippen LogP contribution in [0.15, 0.2) is 53.1 Å². The Bertz CT molecular complexity index is 888. The summed E-state index contributed by atoms with van der Waals surface area (Å²) < 4.78 is 18.7. The van der Waals surface area contributed by atoms with Crippen molar-refractivity contribution < 1.29 is 13.7 Å². The average molecular weight is 353 g/mol. The molecule has 0 saturated heterocycles. The molecule has 26 heavy (non-hydrogen) atoms. The summed E-state index contributed by atoms with van der Waals surface area (Å²) in [6.45, 7) is 4.27. The number of nitrogens with one attached hydrogen (secondary N) is 1. The quantitative estimate of drug-likeness (QED) is 0.705. The van der Waals surface area contributed by atoms with Crippen LogP contribution in [-0.2, 0) is 11.2 Å². The Labute approximate surface area is 151 Å².